The fourth-order valence-corrected chi connectivity index (χ4v) is 2.64. The fourth-order valence-electron chi connectivity index (χ4n) is 2.24. The van der Waals surface area contributed by atoms with Crippen molar-refractivity contribution in [1.82, 2.24) is 5.32 Å². The second-order valence-electron chi connectivity index (χ2n) is 4.72. The Morgan fingerprint density at radius 3 is 2.84 bits per heavy atom. The van der Waals surface area contributed by atoms with Gasteiger partial charge in [0.05, 0.1) is 4.92 Å². The molecule has 0 atom stereocenters. The number of nitrogens with one attached hydrogen (secondary N) is 1. The highest BCUT2D eigenvalue weighted by Crippen LogP contribution is 2.23. The lowest BCUT2D eigenvalue weighted by Gasteiger charge is -2.22. The maximum atomic E-state index is 10.9. The molecule has 1 fully saturated rings. The summed E-state index contributed by atoms with van der Waals surface area (Å²) in [6.07, 6.45) is 2.13. The van der Waals surface area contributed by atoms with Crippen LogP contribution in [0.1, 0.15) is 18.4 Å². The van der Waals surface area contributed by atoms with Gasteiger partial charge in [-0.05, 0) is 37.4 Å². The van der Waals surface area contributed by atoms with E-state index in [9.17, 15) is 10.1 Å². The first-order valence-corrected chi connectivity index (χ1v) is 7.17. The molecule has 19 heavy (non-hydrogen) atoms. The standard InChI is InChI=1S/C13H17BrN2O3/c14-12-1-2-13(16(17)18)11(7-12)9-15-8-10-3-5-19-6-4-10/h1-2,7,10,15H,3-6,8-9H2. The largest absolute Gasteiger partial charge is 0.381 e. The second kappa shape index (κ2) is 6.98. The van der Waals surface area contributed by atoms with Gasteiger partial charge in [0.25, 0.3) is 5.69 Å². The highest BCUT2D eigenvalue weighted by atomic mass is 79.9. The molecule has 1 saturated heterocycles. The van der Waals surface area contributed by atoms with Crippen LogP contribution in [-0.4, -0.2) is 24.7 Å². The fraction of sp³-hybridized carbons (Fsp3) is 0.538. The van der Waals surface area contributed by atoms with Crippen molar-refractivity contribution in [2.45, 2.75) is 19.4 Å². The molecule has 104 valence electrons. The van der Waals surface area contributed by atoms with Gasteiger partial charge >= 0.3 is 0 Å². The smallest absolute Gasteiger partial charge is 0.273 e. The quantitative estimate of drug-likeness (QED) is 0.666. The van der Waals surface area contributed by atoms with Crippen molar-refractivity contribution in [2.24, 2.45) is 5.92 Å². The highest BCUT2D eigenvalue weighted by Gasteiger charge is 2.16. The summed E-state index contributed by atoms with van der Waals surface area (Å²) >= 11 is 3.35. The molecule has 0 unspecified atom stereocenters. The minimum atomic E-state index is -0.335. The number of halogens is 1. The summed E-state index contributed by atoms with van der Waals surface area (Å²) in [5, 5.41) is 14.3. The lowest BCUT2D eigenvalue weighted by atomic mass is 10.0. The van der Waals surface area contributed by atoms with Gasteiger partial charge in [-0.2, -0.15) is 0 Å². The van der Waals surface area contributed by atoms with Crippen LogP contribution in [-0.2, 0) is 11.3 Å². The van der Waals surface area contributed by atoms with E-state index in [-0.39, 0.29) is 10.6 Å². The third-order valence-corrected chi connectivity index (χ3v) is 3.82. The molecule has 1 aliphatic rings. The third-order valence-electron chi connectivity index (χ3n) is 3.33. The second-order valence-corrected chi connectivity index (χ2v) is 5.63. The molecule has 1 aliphatic heterocycles. The van der Waals surface area contributed by atoms with Crippen LogP contribution < -0.4 is 5.32 Å². The molecule has 0 bridgehead atoms. The molecule has 0 aliphatic carbocycles. The Hall–Kier alpha value is -0.980. The Balaban J connectivity index is 1.91. The summed E-state index contributed by atoms with van der Waals surface area (Å²) in [5.74, 6) is 0.611. The topological polar surface area (TPSA) is 64.4 Å². The predicted molar refractivity (Wildman–Crippen MR) is 76.0 cm³/mol. The first-order valence-electron chi connectivity index (χ1n) is 6.38. The minimum Gasteiger partial charge on any atom is -0.381 e. The van der Waals surface area contributed by atoms with Crippen molar-refractivity contribution in [3.63, 3.8) is 0 Å². The van der Waals surface area contributed by atoms with Crippen molar-refractivity contribution in [1.29, 1.82) is 0 Å². The zero-order valence-electron chi connectivity index (χ0n) is 10.6. The summed E-state index contributed by atoms with van der Waals surface area (Å²) in [6, 6.07) is 5.03. The van der Waals surface area contributed by atoms with Gasteiger partial charge in [0.2, 0.25) is 0 Å². The number of nitro benzene ring substituents is 1. The molecule has 0 aromatic heterocycles. The van der Waals surface area contributed by atoms with Crippen molar-refractivity contribution in [3.8, 4) is 0 Å². The van der Waals surface area contributed by atoms with E-state index in [2.05, 4.69) is 21.2 Å². The molecule has 1 aromatic carbocycles. The number of ether oxygens (including phenoxy) is 1. The number of hydrogen-bond acceptors (Lipinski definition) is 4. The number of benzene rings is 1. The molecule has 1 N–H and O–H groups in total. The van der Waals surface area contributed by atoms with Crippen LogP contribution in [0.2, 0.25) is 0 Å². The first-order chi connectivity index (χ1) is 9.16. The lowest BCUT2D eigenvalue weighted by molar-refractivity contribution is -0.385. The van der Waals surface area contributed by atoms with Crippen molar-refractivity contribution in [2.75, 3.05) is 19.8 Å². The summed E-state index contributed by atoms with van der Waals surface area (Å²) in [5.41, 5.74) is 0.883. The van der Waals surface area contributed by atoms with Gasteiger partial charge in [-0.15, -0.1) is 0 Å². The predicted octanol–water partition coefficient (Wildman–Crippen LogP) is 2.87. The SMILES string of the molecule is O=[N+]([O-])c1ccc(Br)cc1CNCC1CCOCC1. The Morgan fingerprint density at radius 2 is 2.16 bits per heavy atom. The zero-order chi connectivity index (χ0) is 13.7. The number of hydrogen-bond donors (Lipinski definition) is 1. The summed E-state index contributed by atoms with van der Waals surface area (Å²) in [6.45, 7) is 3.05. The number of nitro groups is 1. The van der Waals surface area contributed by atoms with E-state index in [0.717, 1.165) is 37.1 Å². The van der Waals surface area contributed by atoms with Gasteiger partial charge < -0.3 is 10.1 Å². The van der Waals surface area contributed by atoms with Gasteiger partial charge in [-0.3, -0.25) is 10.1 Å². The Morgan fingerprint density at radius 1 is 1.42 bits per heavy atom. The molecule has 1 aromatic rings. The molecule has 6 heteroatoms. The summed E-state index contributed by atoms with van der Waals surface area (Å²) in [7, 11) is 0. The summed E-state index contributed by atoms with van der Waals surface area (Å²) in [4.78, 5) is 10.6. The Kier molecular flexibility index (Phi) is 5.30. The molecule has 0 radical (unpaired) electrons. The molecule has 2 rings (SSSR count). The van der Waals surface area contributed by atoms with E-state index >= 15 is 0 Å². The van der Waals surface area contributed by atoms with E-state index in [1.807, 2.05) is 0 Å². The normalized spacial score (nSPS) is 16.5. The average Bonchev–Trinajstić information content (AvgIpc) is 2.39. The maximum absolute atomic E-state index is 10.9. The van der Waals surface area contributed by atoms with Crippen molar-refractivity contribution in [3.05, 3.63) is 38.3 Å². The van der Waals surface area contributed by atoms with Crippen molar-refractivity contribution >= 4 is 21.6 Å². The lowest BCUT2D eigenvalue weighted by Crippen LogP contribution is -2.27. The maximum Gasteiger partial charge on any atom is 0.273 e. The van der Waals surface area contributed by atoms with Crippen LogP contribution in [0.15, 0.2) is 22.7 Å². The average molecular weight is 329 g/mol. The van der Waals surface area contributed by atoms with E-state index < -0.39 is 0 Å². The minimum absolute atomic E-state index is 0.169. The zero-order valence-corrected chi connectivity index (χ0v) is 12.2. The molecular weight excluding hydrogens is 312 g/mol. The van der Waals surface area contributed by atoms with Crippen LogP contribution in [0.25, 0.3) is 0 Å². The molecule has 0 spiro atoms. The monoisotopic (exact) mass is 328 g/mol. The van der Waals surface area contributed by atoms with E-state index in [0.29, 0.717) is 18.0 Å². The van der Waals surface area contributed by atoms with Crippen LogP contribution in [0.5, 0.6) is 0 Å². The summed E-state index contributed by atoms with van der Waals surface area (Å²) < 4.78 is 6.17. The first kappa shape index (κ1) is 14.4. The van der Waals surface area contributed by atoms with Crippen LogP contribution >= 0.6 is 15.9 Å². The number of nitrogens with zero attached hydrogens (tertiary/aromatic N) is 1. The van der Waals surface area contributed by atoms with Crippen LogP contribution in [0, 0.1) is 16.0 Å². The van der Waals surface area contributed by atoms with Gasteiger partial charge in [0.15, 0.2) is 0 Å². The van der Waals surface area contributed by atoms with Crippen molar-refractivity contribution < 1.29 is 9.66 Å². The Labute approximate surface area is 120 Å². The van der Waals surface area contributed by atoms with Gasteiger partial charge in [0.1, 0.15) is 0 Å². The van der Waals surface area contributed by atoms with Gasteiger partial charge in [-0.25, -0.2) is 0 Å². The highest BCUT2D eigenvalue weighted by molar-refractivity contribution is 9.10. The van der Waals surface area contributed by atoms with E-state index in [1.54, 1.807) is 12.1 Å². The molecule has 1 heterocycles. The van der Waals surface area contributed by atoms with E-state index in [4.69, 9.17) is 4.74 Å². The molecule has 0 amide bonds. The number of rotatable bonds is 5. The van der Waals surface area contributed by atoms with Crippen LogP contribution in [0.4, 0.5) is 5.69 Å². The van der Waals surface area contributed by atoms with Crippen LogP contribution in [0.3, 0.4) is 0 Å². The molecular formula is C13H17BrN2O3. The molecule has 0 saturated carbocycles. The van der Waals surface area contributed by atoms with E-state index in [1.165, 1.54) is 6.07 Å². The van der Waals surface area contributed by atoms with Gasteiger partial charge in [0, 0.05) is 35.9 Å². The third kappa shape index (κ3) is 4.26. The Bertz CT molecular complexity index is 448. The van der Waals surface area contributed by atoms with Gasteiger partial charge in [-0.1, -0.05) is 15.9 Å². The molecule has 5 nitrogen and oxygen atoms in total.